The van der Waals surface area contributed by atoms with E-state index in [1.807, 2.05) is 24.3 Å². The highest BCUT2D eigenvalue weighted by Gasteiger charge is 2.25. The average molecular weight is 560 g/mol. The number of carbonyl (C=O) groups is 2. The topological polar surface area (TPSA) is 103 Å². The number of nitrogens with two attached hydrogens (primary N) is 1. The van der Waals surface area contributed by atoms with Crippen LogP contribution in [0.3, 0.4) is 0 Å². The number of nitrogens with one attached hydrogen (secondary N) is 1. The number of fused-ring (bicyclic) bond motifs is 1. The minimum atomic E-state index is -0.478. The Morgan fingerprint density at radius 1 is 1.08 bits per heavy atom. The smallest absolute Gasteiger partial charge is 0.251 e. The van der Waals surface area contributed by atoms with E-state index in [0.29, 0.717) is 20.7 Å². The third-order valence-corrected chi connectivity index (χ3v) is 8.98. The highest BCUT2D eigenvalue weighted by molar-refractivity contribution is 7.99. The summed E-state index contributed by atoms with van der Waals surface area (Å²) in [5.74, 6) is 0.271. The number of anilines is 1. The molecule has 3 aromatic rings. The van der Waals surface area contributed by atoms with Crippen LogP contribution in [0, 0.1) is 0 Å². The molecule has 7 nitrogen and oxygen atoms in total. The first-order chi connectivity index (χ1) is 18.0. The summed E-state index contributed by atoms with van der Waals surface area (Å²) in [6.45, 7) is 3.00. The lowest BCUT2D eigenvalue weighted by molar-refractivity contribution is -0.113. The van der Waals surface area contributed by atoms with Crippen LogP contribution in [0.1, 0.15) is 79.1 Å². The average Bonchev–Trinajstić information content (AvgIpc) is 3.46. The van der Waals surface area contributed by atoms with Crippen LogP contribution < -0.4 is 11.1 Å². The molecule has 198 valence electrons. The number of carbonyl (C=O) groups excluding carboxylic acids is 2. The lowest BCUT2D eigenvalue weighted by Gasteiger charge is -2.11. The van der Waals surface area contributed by atoms with Gasteiger partial charge in [-0.3, -0.25) is 9.59 Å². The first kappa shape index (κ1) is 27.7. The predicted octanol–water partition coefficient (Wildman–Crippen LogP) is 6.73. The standard InChI is InChI=1S/C27H34ClN5O2S2/c1-2-3-4-5-6-9-16-33-25(18-12-14-19(28)15-13-18)31-32-27(33)36-17-22(34)30-26-23(24(29)35)20-10-7-8-11-21(20)37-26/h12-15H,2-11,16-17H2,1H3,(H2,29,35)(H,30,34). The summed E-state index contributed by atoms with van der Waals surface area (Å²) in [7, 11) is 0. The number of rotatable bonds is 13. The van der Waals surface area contributed by atoms with Gasteiger partial charge in [0.2, 0.25) is 5.91 Å². The molecule has 1 aromatic carbocycles. The summed E-state index contributed by atoms with van der Waals surface area (Å²) in [4.78, 5) is 26.2. The molecule has 2 aromatic heterocycles. The minimum Gasteiger partial charge on any atom is -0.365 e. The molecule has 1 aliphatic carbocycles. The van der Waals surface area contributed by atoms with Crippen molar-refractivity contribution in [3.8, 4) is 11.4 Å². The number of halogens is 1. The molecule has 0 atom stereocenters. The number of thioether (sulfide) groups is 1. The maximum absolute atomic E-state index is 12.9. The van der Waals surface area contributed by atoms with Crippen molar-refractivity contribution in [2.24, 2.45) is 5.73 Å². The zero-order valence-corrected chi connectivity index (χ0v) is 23.6. The van der Waals surface area contributed by atoms with Crippen LogP contribution in [0.2, 0.25) is 5.02 Å². The lowest BCUT2D eigenvalue weighted by Crippen LogP contribution is -2.19. The molecule has 10 heteroatoms. The van der Waals surface area contributed by atoms with E-state index in [2.05, 4.69) is 27.0 Å². The Labute approximate surface area is 231 Å². The molecule has 2 amide bonds. The summed E-state index contributed by atoms with van der Waals surface area (Å²) in [5, 5.41) is 13.7. The lowest BCUT2D eigenvalue weighted by atomic mass is 9.95. The van der Waals surface area contributed by atoms with Gasteiger partial charge in [-0.1, -0.05) is 62.4 Å². The van der Waals surface area contributed by atoms with E-state index in [4.69, 9.17) is 17.3 Å². The van der Waals surface area contributed by atoms with Crippen LogP contribution in [-0.4, -0.2) is 32.3 Å². The Balaban J connectivity index is 1.45. The molecule has 0 saturated heterocycles. The number of thiophene rings is 1. The fourth-order valence-corrected chi connectivity index (χ4v) is 6.87. The zero-order valence-electron chi connectivity index (χ0n) is 21.2. The van der Waals surface area contributed by atoms with Gasteiger partial charge in [0.05, 0.1) is 11.3 Å². The molecule has 1 aliphatic rings. The van der Waals surface area contributed by atoms with Crippen molar-refractivity contribution in [3.63, 3.8) is 0 Å². The van der Waals surface area contributed by atoms with Crippen molar-refractivity contribution >= 4 is 51.5 Å². The van der Waals surface area contributed by atoms with Gasteiger partial charge in [-0.2, -0.15) is 0 Å². The van der Waals surface area contributed by atoms with Crippen molar-refractivity contribution in [2.75, 3.05) is 11.1 Å². The van der Waals surface area contributed by atoms with E-state index in [0.717, 1.165) is 66.9 Å². The van der Waals surface area contributed by atoms with Gasteiger partial charge >= 0.3 is 0 Å². The Morgan fingerprint density at radius 3 is 2.57 bits per heavy atom. The molecule has 37 heavy (non-hydrogen) atoms. The number of aryl methyl sites for hydroxylation is 1. The summed E-state index contributed by atoms with van der Waals surface area (Å²) >= 11 is 8.92. The molecule has 0 saturated carbocycles. The highest BCUT2D eigenvalue weighted by atomic mass is 35.5. The second-order valence-corrected chi connectivity index (χ2v) is 11.8. The van der Waals surface area contributed by atoms with E-state index in [1.165, 1.54) is 48.8 Å². The fraction of sp³-hybridized carbons (Fsp3) is 0.481. The first-order valence-electron chi connectivity index (χ1n) is 13.0. The van der Waals surface area contributed by atoms with Crippen LogP contribution in [0.25, 0.3) is 11.4 Å². The molecular weight excluding hydrogens is 526 g/mol. The summed E-state index contributed by atoms with van der Waals surface area (Å²) in [5.41, 5.74) is 8.11. The van der Waals surface area contributed by atoms with Crippen molar-refractivity contribution < 1.29 is 9.59 Å². The number of nitrogens with zero attached hydrogens (tertiary/aromatic N) is 3. The van der Waals surface area contributed by atoms with Crippen molar-refractivity contribution in [3.05, 3.63) is 45.3 Å². The molecule has 0 radical (unpaired) electrons. The van der Waals surface area contributed by atoms with Crippen LogP contribution in [0.15, 0.2) is 29.4 Å². The zero-order chi connectivity index (χ0) is 26.2. The van der Waals surface area contributed by atoms with Gasteiger partial charge in [-0.15, -0.1) is 21.5 Å². The molecule has 0 aliphatic heterocycles. The fourth-order valence-electron chi connectivity index (χ4n) is 4.67. The van der Waals surface area contributed by atoms with Crippen molar-refractivity contribution in [1.82, 2.24) is 14.8 Å². The quantitative estimate of drug-likeness (QED) is 0.178. The Kier molecular flexibility index (Phi) is 10.1. The van der Waals surface area contributed by atoms with Gasteiger partial charge in [0.15, 0.2) is 11.0 Å². The van der Waals surface area contributed by atoms with E-state index in [9.17, 15) is 9.59 Å². The number of hydrogen-bond acceptors (Lipinski definition) is 6. The van der Waals surface area contributed by atoms with Crippen LogP contribution in [0.5, 0.6) is 0 Å². The van der Waals surface area contributed by atoms with Gasteiger partial charge in [0.1, 0.15) is 5.00 Å². The largest absolute Gasteiger partial charge is 0.365 e. The summed E-state index contributed by atoms with van der Waals surface area (Å²) in [6, 6.07) is 7.57. The Bertz CT molecular complexity index is 1220. The van der Waals surface area contributed by atoms with Gasteiger partial charge in [0, 0.05) is 22.0 Å². The minimum absolute atomic E-state index is 0.163. The highest BCUT2D eigenvalue weighted by Crippen LogP contribution is 2.38. The van der Waals surface area contributed by atoms with Crippen molar-refractivity contribution in [1.29, 1.82) is 0 Å². The maximum Gasteiger partial charge on any atom is 0.251 e. The number of primary amides is 1. The van der Waals surface area contributed by atoms with Crippen LogP contribution in [0.4, 0.5) is 5.00 Å². The molecular formula is C27H34ClN5O2S2. The number of benzene rings is 1. The van der Waals surface area contributed by atoms with E-state index >= 15 is 0 Å². The molecule has 0 unspecified atom stereocenters. The number of aromatic nitrogens is 3. The van der Waals surface area contributed by atoms with Gasteiger partial charge in [-0.25, -0.2) is 0 Å². The molecule has 4 rings (SSSR count). The normalized spacial score (nSPS) is 12.9. The van der Waals surface area contributed by atoms with E-state index < -0.39 is 5.91 Å². The Hall–Kier alpha value is -2.36. The Morgan fingerprint density at radius 2 is 1.81 bits per heavy atom. The molecule has 0 fully saturated rings. The maximum atomic E-state index is 12.9. The first-order valence-corrected chi connectivity index (χ1v) is 15.2. The molecule has 0 spiro atoms. The van der Waals surface area contributed by atoms with Crippen LogP contribution in [-0.2, 0) is 24.2 Å². The third kappa shape index (κ3) is 7.15. The third-order valence-electron chi connectivity index (χ3n) is 6.56. The molecule has 3 N–H and O–H groups in total. The van der Waals surface area contributed by atoms with Gasteiger partial charge in [-0.05, 0) is 61.9 Å². The predicted molar refractivity (Wildman–Crippen MR) is 153 cm³/mol. The summed E-state index contributed by atoms with van der Waals surface area (Å²) in [6.07, 6.45) is 11.0. The SMILES string of the molecule is CCCCCCCCn1c(SCC(=O)Nc2sc3c(c2C(N)=O)CCCC3)nnc1-c1ccc(Cl)cc1. The monoisotopic (exact) mass is 559 g/mol. The van der Waals surface area contributed by atoms with Gasteiger partial charge in [0.25, 0.3) is 5.91 Å². The molecule has 0 bridgehead atoms. The number of hydrogen-bond donors (Lipinski definition) is 2. The second kappa shape index (κ2) is 13.4. The van der Waals surface area contributed by atoms with E-state index in [1.54, 1.807) is 0 Å². The van der Waals surface area contributed by atoms with E-state index in [-0.39, 0.29) is 11.7 Å². The summed E-state index contributed by atoms with van der Waals surface area (Å²) < 4.78 is 2.10. The number of unbranched alkanes of at least 4 members (excludes halogenated alkanes) is 5. The van der Waals surface area contributed by atoms with Gasteiger partial charge < -0.3 is 15.6 Å². The number of amides is 2. The van der Waals surface area contributed by atoms with Crippen LogP contribution >= 0.6 is 34.7 Å². The van der Waals surface area contributed by atoms with Crippen molar-refractivity contribution in [2.45, 2.75) is 82.8 Å². The second-order valence-electron chi connectivity index (χ2n) is 9.35. The molecule has 2 heterocycles.